The molecule has 2 heterocycles. The summed E-state index contributed by atoms with van der Waals surface area (Å²) in [5.41, 5.74) is 6.54. The van der Waals surface area contributed by atoms with E-state index < -0.39 is 4.92 Å². The van der Waals surface area contributed by atoms with Gasteiger partial charge >= 0.3 is 0 Å². The van der Waals surface area contributed by atoms with Gasteiger partial charge in [-0.15, -0.1) is 0 Å². The summed E-state index contributed by atoms with van der Waals surface area (Å²) in [7, 11) is 0. The summed E-state index contributed by atoms with van der Waals surface area (Å²) in [5.74, 6) is 0.568. The van der Waals surface area contributed by atoms with Crippen molar-refractivity contribution in [2.24, 2.45) is 10.7 Å². The van der Waals surface area contributed by atoms with Gasteiger partial charge in [0.1, 0.15) is 12.0 Å². The summed E-state index contributed by atoms with van der Waals surface area (Å²) in [6.07, 6.45) is 4.52. The zero-order valence-corrected chi connectivity index (χ0v) is 10.4. The van der Waals surface area contributed by atoms with Crippen LogP contribution in [0.3, 0.4) is 0 Å². The van der Waals surface area contributed by atoms with Gasteiger partial charge in [0.25, 0.3) is 5.69 Å². The first-order valence-electron chi connectivity index (χ1n) is 5.71. The maximum absolute atomic E-state index is 10.5. The molecule has 0 atom stereocenters. The number of hydrogen-bond donors (Lipinski definition) is 2. The van der Waals surface area contributed by atoms with Gasteiger partial charge in [-0.25, -0.2) is 9.98 Å². The highest BCUT2D eigenvalue weighted by Crippen LogP contribution is 2.11. The van der Waals surface area contributed by atoms with E-state index in [-0.39, 0.29) is 11.6 Å². The molecule has 2 aromatic heterocycles. The molecule has 102 valence electrons. The number of aliphatic imine (C=N–C) groups is 1. The van der Waals surface area contributed by atoms with E-state index in [4.69, 9.17) is 5.73 Å². The standard InChI is InChI=1S/C12H12N6O2/c13-12(16-7-9-2-1-5-14-6-9)17-11-4-3-10(8-15-11)18(19)20/h1-6,8H,7H2,(H3,13,15,16,17). The molecule has 0 bridgehead atoms. The smallest absolute Gasteiger partial charge is 0.287 e. The van der Waals surface area contributed by atoms with Crippen LogP contribution in [0.15, 0.2) is 47.8 Å². The van der Waals surface area contributed by atoms with E-state index in [1.165, 1.54) is 12.1 Å². The molecule has 2 aromatic rings. The number of rotatable bonds is 4. The van der Waals surface area contributed by atoms with Crippen LogP contribution in [0.1, 0.15) is 5.56 Å². The van der Waals surface area contributed by atoms with Crippen molar-refractivity contribution in [2.75, 3.05) is 5.32 Å². The highest BCUT2D eigenvalue weighted by molar-refractivity contribution is 5.91. The van der Waals surface area contributed by atoms with Gasteiger partial charge in [-0.2, -0.15) is 0 Å². The molecule has 8 heteroatoms. The molecule has 0 saturated carbocycles. The molecular formula is C12H12N6O2. The predicted molar refractivity (Wildman–Crippen MR) is 74.1 cm³/mol. The van der Waals surface area contributed by atoms with Gasteiger partial charge in [0.05, 0.1) is 11.5 Å². The quantitative estimate of drug-likeness (QED) is 0.375. The molecule has 20 heavy (non-hydrogen) atoms. The normalized spacial score (nSPS) is 11.1. The zero-order valence-electron chi connectivity index (χ0n) is 10.4. The molecule has 0 spiro atoms. The van der Waals surface area contributed by atoms with Crippen molar-refractivity contribution >= 4 is 17.5 Å². The number of hydrogen-bond acceptors (Lipinski definition) is 5. The average molecular weight is 272 g/mol. The topological polar surface area (TPSA) is 119 Å². The van der Waals surface area contributed by atoms with Gasteiger partial charge in [-0.1, -0.05) is 6.07 Å². The maximum atomic E-state index is 10.5. The Kier molecular flexibility index (Phi) is 4.17. The van der Waals surface area contributed by atoms with Crippen LogP contribution in [-0.2, 0) is 6.54 Å². The van der Waals surface area contributed by atoms with E-state index in [9.17, 15) is 10.1 Å². The number of nitrogens with zero attached hydrogens (tertiary/aromatic N) is 4. The van der Waals surface area contributed by atoms with Gasteiger partial charge in [-0.05, 0) is 17.7 Å². The molecule has 8 nitrogen and oxygen atoms in total. The maximum Gasteiger partial charge on any atom is 0.287 e. The number of aromatic nitrogens is 2. The Morgan fingerprint density at radius 3 is 2.85 bits per heavy atom. The molecule has 0 unspecified atom stereocenters. The van der Waals surface area contributed by atoms with Crippen LogP contribution in [0, 0.1) is 10.1 Å². The third-order valence-corrected chi connectivity index (χ3v) is 2.37. The minimum atomic E-state index is -0.517. The number of guanidine groups is 1. The second-order valence-corrected chi connectivity index (χ2v) is 3.85. The molecule has 2 rings (SSSR count). The fourth-order valence-corrected chi connectivity index (χ4v) is 1.41. The Labute approximate surface area is 114 Å². The lowest BCUT2D eigenvalue weighted by molar-refractivity contribution is -0.385. The average Bonchev–Trinajstić information content (AvgIpc) is 2.47. The van der Waals surface area contributed by atoms with Crippen molar-refractivity contribution < 1.29 is 4.92 Å². The Morgan fingerprint density at radius 2 is 2.25 bits per heavy atom. The summed E-state index contributed by atoms with van der Waals surface area (Å²) >= 11 is 0. The SMILES string of the molecule is NC(=NCc1cccnc1)Nc1ccc([N+](=O)[O-])cn1. The number of nitrogens with one attached hydrogen (secondary N) is 1. The molecule has 0 aromatic carbocycles. The lowest BCUT2D eigenvalue weighted by atomic mass is 10.3. The Hall–Kier alpha value is -3.03. The molecule has 0 saturated heterocycles. The van der Waals surface area contributed by atoms with E-state index >= 15 is 0 Å². The summed E-state index contributed by atoms with van der Waals surface area (Å²) < 4.78 is 0. The first kappa shape index (κ1) is 13.4. The second-order valence-electron chi connectivity index (χ2n) is 3.85. The molecule has 0 amide bonds. The van der Waals surface area contributed by atoms with Crippen molar-refractivity contribution in [3.05, 3.63) is 58.5 Å². The van der Waals surface area contributed by atoms with Crippen LogP contribution in [0.4, 0.5) is 11.5 Å². The summed E-state index contributed by atoms with van der Waals surface area (Å²) in [6, 6.07) is 6.49. The molecule has 0 fully saturated rings. The van der Waals surface area contributed by atoms with Crippen LogP contribution in [0.5, 0.6) is 0 Å². The highest BCUT2D eigenvalue weighted by atomic mass is 16.6. The highest BCUT2D eigenvalue weighted by Gasteiger charge is 2.05. The van der Waals surface area contributed by atoms with Gasteiger partial charge < -0.3 is 11.1 Å². The number of pyridine rings is 2. The third kappa shape index (κ3) is 3.73. The fourth-order valence-electron chi connectivity index (χ4n) is 1.41. The van der Waals surface area contributed by atoms with Crippen LogP contribution < -0.4 is 11.1 Å². The van der Waals surface area contributed by atoms with Gasteiger partial charge in [-0.3, -0.25) is 15.1 Å². The lowest BCUT2D eigenvalue weighted by Gasteiger charge is -2.04. The summed E-state index contributed by atoms with van der Waals surface area (Å²) in [5, 5.41) is 13.2. The van der Waals surface area contributed by atoms with Crippen LogP contribution in [0.2, 0.25) is 0 Å². The minimum absolute atomic E-state index is 0.0820. The molecule has 0 aliphatic carbocycles. The van der Waals surface area contributed by atoms with Crippen molar-refractivity contribution in [1.82, 2.24) is 9.97 Å². The zero-order chi connectivity index (χ0) is 14.4. The van der Waals surface area contributed by atoms with E-state index in [1.54, 1.807) is 12.4 Å². The van der Waals surface area contributed by atoms with Crippen molar-refractivity contribution in [3.63, 3.8) is 0 Å². The molecule has 0 aliphatic heterocycles. The lowest BCUT2D eigenvalue weighted by Crippen LogP contribution is -2.23. The Balaban J connectivity index is 1.97. The van der Waals surface area contributed by atoms with E-state index in [0.717, 1.165) is 11.8 Å². The number of nitrogens with two attached hydrogens (primary N) is 1. The Bertz CT molecular complexity index is 612. The third-order valence-electron chi connectivity index (χ3n) is 2.37. The van der Waals surface area contributed by atoms with Crippen molar-refractivity contribution in [1.29, 1.82) is 0 Å². The largest absolute Gasteiger partial charge is 0.370 e. The first-order valence-corrected chi connectivity index (χ1v) is 5.71. The Morgan fingerprint density at radius 1 is 1.40 bits per heavy atom. The van der Waals surface area contributed by atoms with Crippen molar-refractivity contribution in [2.45, 2.75) is 6.54 Å². The predicted octanol–water partition coefficient (Wildman–Crippen LogP) is 1.31. The molecule has 0 aliphatic rings. The van der Waals surface area contributed by atoms with Crippen LogP contribution in [-0.4, -0.2) is 20.9 Å². The number of anilines is 1. The first-order chi connectivity index (χ1) is 9.65. The van der Waals surface area contributed by atoms with Gasteiger partial charge in [0.15, 0.2) is 5.96 Å². The minimum Gasteiger partial charge on any atom is -0.370 e. The fraction of sp³-hybridized carbons (Fsp3) is 0.0833. The van der Waals surface area contributed by atoms with E-state index in [1.807, 2.05) is 12.1 Å². The van der Waals surface area contributed by atoms with Gasteiger partial charge in [0.2, 0.25) is 0 Å². The molecule has 0 radical (unpaired) electrons. The van der Waals surface area contributed by atoms with E-state index in [2.05, 4.69) is 20.3 Å². The summed E-state index contributed by atoms with van der Waals surface area (Å²) in [4.78, 5) is 21.9. The second kappa shape index (κ2) is 6.23. The van der Waals surface area contributed by atoms with Gasteiger partial charge in [0, 0.05) is 18.5 Å². The summed E-state index contributed by atoms with van der Waals surface area (Å²) in [6.45, 7) is 0.389. The van der Waals surface area contributed by atoms with Crippen LogP contribution in [0.25, 0.3) is 0 Å². The monoisotopic (exact) mass is 272 g/mol. The molecular weight excluding hydrogens is 260 g/mol. The van der Waals surface area contributed by atoms with Crippen LogP contribution >= 0.6 is 0 Å². The van der Waals surface area contributed by atoms with Crippen molar-refractivity contribution in [3.8, 4) is 0 Å². The van der Waals surface area contributed by atoms with E-state index in [0.29, 0.717) is 12.4 Å². The number of nitro groups is 1. The molecule has 3 N–H and O–H groups in total.